The van der Waals surface area contributed by atoms with Crippen molar-refractivity contribution in [2.45, 2.75) is 6.92 Å². The van der Waals surface area contributed by atoms with Crippen molar-refractivity contribution in [1.82, 2.24) is 4.98 Å². The van der Waals surface area contributed by atoms with E-state index in [0.717, 1.165) is 5.13 Å². The SMILES string of the molecule is Cc1nc(N2CCOCC2)sc1C(=O)Nc1cc(Cl)cc(Cl)c1C(=O)O. The first-order valence-corrected chi connectivity index (χ1v) is 9.28. The van der Waals surface area contributed by atoms with Crippen LogP contribution in [0.5, 0.6) is 0 Å². The molecular weight excluding hydrogens is 401 g/mol. The Morgan fingerprint density at radius 1 is 1.31 bits per heavy atom. The van der Waals surface area contributed by atoms with Crippen LogP contribution in [0, 0.1) is 6.92 Å². The van der Waals surface area contributed by atoms with Gasteiger partial charge in [0.2, 0.25) is 0 Å². The van der Waals surface area contributed by atoms with Crippen LogP contribution in [0.15, 0.2) is 12.1 Å². The van der Waals surface area contributed by atoms with Crippen LogP contribution < -0.4 is 10.2 Å². The highest BCUT2D eigenvalue weighted by Gasteiger charge is 2.23. The third-order valence-electron chi connectivity index (χ3n) is 3.79. The molecule has 0 spiro atoms. The Bertz CT molecular complexity index is 865. The predicted octanol–water partition coefficient (Wildman–Crippen LogP) is 3.55. The van der Waals surface area contributed by atoms with Gasteiger partial charge in [0.1, 0.15) is 10.4 Å². The molecule has 0 atom stereocenters. The van der Waals surface area contributed by atoms with Gasteiger partial charge in [0.15, 0.2) is 5.13 Å². The largest absolute Gasteiger partial charge is 0.478 e. The maximum absolute atomic E-state index is 12.7. The van der Waals surface area contributed by atoms with E-state index in [4.69, 9.17) is 27.9 Å². The summed E-state index contributed by atoms with van der Waals surface area (Å²) in [6.07, 6.45) is 0. The fourth-order valence-electron chi connectivity index (χ4n) is 2.55. The summed E-state index contributed by atoms with van der Waals surface area (Å²) in [5.74, 6) is -1.71. The number of aryl methyl sites for hydroxylation is 1. The van der Waals surface area contributed by atoms with E-state index in [1.54, 1.807) is 6.92 Å². The molecule has 1 aliphatic rings. The number of anilines is 2. The van der Waals surface area contributed by atoms with Crippen molar-refractivity contribution in [2.24, 2.45) is 0 Å². The van der Waals surface area contributed by atoms with Gasteiger partial charge in [-0.1, -0.05) is 34.5 Å². The molecule has 26 heavy (non-hydrogen) atoms. The molecule has 1 saturated heterocycles. The number of rotatable bonds is 4. The Labute approximate surface area is 163 Å². The number of aromatic carboxylic acids is 1. The summed E-state index contributed by atoms with van der Waals surface area (Å²) in [6.45, 7) is 4.38. The van der Waals surface area contributed by atoms with Gasteiger partial charge in [-0.15, -0.1) is 0 Å². The first-order chi connectivity index (χ1) is 12.4. The number of carboxylic acids is 1. The molecule has 2 N–H and O–H groups in total. The van der Waals surface area contributed by atoms with Crippen LogP contribution >= 0.6 is 34.5 Å². The second kappa shape index (κ2) is 7.79. The molecule has 3 rings (SSSR count). The average molecular weight is 416 g/mol. The lowest BCUT2D eigenvalue weighted by Gasteiger charge is -2.25. The number of nitrogens with zero attached hydrogens (tertiary/aromatic N) is 2. The summed E-state index contributed by atoms with van der Waals surface area (Å²) in [6, 6.07) is 2.67. The molecule has 1 aromatic carbocycles. The van der Waals surface area contributed by atoms with E-state index < -0.39 is 11.9 Å². The molecular formula is C16H15Cl2N3O4S. The summed E-state index contributed by atoms with van der Waals surface area (Å²) in [4.78, 5) is 31.0. The molecule has 2 heterocycles. The number of ether oxygens (including phenoxy) is 1. The van der Waals surface area contributed by atoms with Crippen LogP contribution in [0.3, 0.4) is 0 Å². The van der Waals surface area contributed by atoms with Gasteiger partial charge in [-0.25, -0.2) is 9.78 Å². The van der Waals surface area contributed by atoms with E-state index in [9.17, 15) is 14.7 Å². The molecule has 2 aromatic rings. The second-order valence-corrected chi connectivity index (χ2v) is 7.40. The van der Waals surface area contributed by atoms with Gasteiger partial charge in [-0.05, 0) is 19.1 Å². The number of aromatic nitrogens is 1. The number of morpholine rings is 1. The maximum atomic E-state index is 12.7. The molecule has 0 saturated carbocycles. The smallest absolute Gasteiger partial charge is 0.339 e. The van der Waals surface area contributed by atoms with Crippen molar-refractivity contribution >= 4 is 57.2 Å². The molecule has 138 valence electrons. The van der Waals surface area contributed by atoms with Crippen LogP contribution in [0.25, 0.3) is 0 Å². The van der Waals surface area contributed by atoms with E-state index in [2.05, 4.69) is 15.2 Å². The van der Waals surface area contributed by atoms with E-state index in [0.29, 0.717) is 36.9 Å². The van der Waals surface area contributed by atoms with Gasteiger partial charge in [-0.3, -0.25) is 4.79 Å². The fraction of sp³-hybridized carbons (Fsp3) is 0.312. The third-order valence-corrected chi connectivity index (χ3v) is 5.52. The lowest BCUT2D eigenvalue weighted by Crippen LogP contribution is -2.36. The molecule has 0 unspecified atom stereocenters. The minimum atomic E-state index is -1.25. The number of carboxylic acid groups (broad SMARTS) is 1. The van der Waals surface area contributed by atoms with E-state index >= 15 is 0 Å². The Kier molecular flexibility index (Phi) is 5.67. The predicted molar refractivity (Wildman–Crippen MR) is 101 cm³/mol. The monoisotopic (exact) mass is 415 g/mol. The van der Waals surface area contributed by atoms with Crippen molar-refractivity contribution in [3.05, 3.63) is 38.3 Å². The minimum Gasteiger partial charge on any atom is -0.478 e. The first-order valence-electron chi connectivity index (χ1n) is 7.70. The summed E-state index contributed by atoms with van der Waals surface area (Å²) in [5, 5.41) is 12.8. The van der Waals surface area contributed by atoms with E-state index in [1.165, 1.54) is 23.5 Å². The Balaban J connectivity index is 1.87. The molecule has 0 radical (unpaired) electrons. The number of nitrogens with one attached hydrogen (secondary N) is 1. The lowest BCUT2D eigenvalue weighted by molar-refractivity contribution is 0.0698. The van der Waals surface area contributed by atoms with E-state index in [-0.39, 0.29) is 21.3 Å². The number of carbonyl (C=O) groups excluding carboxylic acids is 1. The van der Waals surface area contributed by atoms with Crippen molar-refractivity contribution in [3.8, 4) is 0 Å². The Morgan fingerprint density at radius 3 is 2.65 bits per heavy atom. The van der Waals surface area contributed by atoms with E-state index in [1.807, 2.05) is 0 Å². The zero-order chi connectivity index (χ0) is 18.8. The quantitative estimate of drug-likeness (QED) is 0.792. The number of thiazole rings is 1. The van der Waals surface area contributed by atoms with Crippen LogP contribution in [-0.4, -0.2) is 48.3 Å². The van der Waals surface area contributed by atoms with Gasteiger partial charge in [0.25, 0.3) is 5.91 Å². The molecule has 1 aromatic heterocycles. The number of hydrogen-bond donors (Lipinski definition) is 2. The molecule has 10 heteroatoms. The lowest BCUT2D eigenvalue weighted by atomic mass is 10.1. The van der Waals surface area contributed by atoms with Crippen LogP contribution in [0.2, 0.25) is 10.0 Å². The summed E-state index contributed by atoms with van der Waals surface area (Å²) in [5.41, 5.74) is 0.403. The third kappa shape index (κ3) is 3.93. The minimum absolute atomic E-state index is 0.0423. The molecule has 1 aliphatic heterocycles. The number of amides is 1. The highest BCUT2D eigenvalue weighted by molar-refractivity contribution is 7.17. The van der Waals surface area contributed by atoms with Crippen LogP contribution in [0.1, 0.15) is 25.7 Å². The Hall–Kier alpha value is -1.87. The van der Waals surface area contributed by atoms with Gasteiger partial charge in [-0.2, -0.15) is 0 Å². The first kappa shape index (κ1) is 18.9. The van der Waals surface area contributed by atoms with Gasteiger partial charge in [0, 0.05) is 18.1 Å². The zero-order valence-electron chi connectivity index (χ0n) is 13.7. The summed E-state index contributed by atoms with van der Waals surface area (Å²) in [7, 11) is 0. The van der Waals surface area contributed by atoms with Gasteiger partial charge < -0.3 is 20.1 Å². The average Bonchev–Trinajstić information content (AvgIpc) is 2.96. The van der Waals surface area contributed by atoms with Crippen molar-refractivity contribution in [2.75, 3.05) is 36.5 Å². The highest BCUT2D eigenvalue weighted by atomic mass is 35.5. The summed E-state index contributed by atoms with van der Waals surface area (Å²) < 4.78 is 5.32. The van der Waals surface area contributed by atoms with Crippen LogP contribution in [-0.2, 0) is 4.74 Å². The van der Waals surface area contributed by atoms with Crippen molar-refractivity contribution in [1.29, 1.82) is 0 Å². The molecule has 1 amide bonds. The topological polar surface area (TPSA) is 91.8 Å². The Morgan fingerprint density at radius 2 is 2.00 bits per heavy atom. The zero-order valence-corrected chi connectivity index (χ0v) is 16.0. The molecule has 0 aliphatic carbocycles. The standard InChI is InChI=1S/C16H15Cl2N3O4S/c1-8-13(26-16(19-8)21-2-4-25-5-3-21)14(22)20-11-7-9(17)6-10(18)12(11)15(23)24/h6-7H,2-5H2,1H3,(H,20,22)(H,23,24). The van der Waals surface area contributed by atoms with Gasteiger partial charge >= 0.3 is 5.97 Å². The van der Waals surface area contributed by atoms with Crippen LogP contribution in [0.4, 0.5) is 10.8 Å². The number of benzene rings is 1. The molecule has 7 nitrogen and oxygen atoms in total. The number of halogens is 2. The molecule has 1 fully saturated rings. The van der Waals surface area contributed by atoms with Gasteiger partial charge in [0.05, 0.1) is 29.6 Å². The molecule has 0 bridgehead atoms. The highest BCUT2D eigenvalue weighted by Crippen LogP contribution is 2.31. The van der Waals surface area contributed by atoms with Crippen molar-refractivity contribution < 1.29 is 19.4 Å². The normalized spacial score (nSPS) is 14.3. The maximum Gasteiger partial charge on any atom is 0.339 e. The fourth-order valence-corrected chi connectivity index (χ4v) is 4.14. The number of carbonyl (C=O) groups is 2. The second-order valence-electron chi connectivity index (χ2n) is 5.58. The van der Waals surface area contributed by atoms with Crippen molar-refractivity contribution in [3.63, 3.8) is 0 Å². The number of hydrogen-bond acceptors (Lipinski definition) is 6. The summed E-state index contributed by atoms with van der Waals surface area (Å²) >= 11 is 13.1.